The second-order valence-corrected chi connectivity index (χ2v) is 5.38. The standard InChI is InChI=1S/C15H20N4O3/c1-11-18-12(10-21-11)8-19-5-3-4-13(9-19)22-15-16-6-14(20-2)7-17-15/h6-7,10,13H,3-5,8-9H2,1-2H3. The fourth-order valence-corrected chi connectivity index (χ4v) is 2.58. The predicted molar refractivity (Wildman–Crippen MR) is 78.8 cm³/mol. The lowest BCUT2D eigenvalue weighted by Gasteiger charge is -2.31. The van der Waals surface area contributed by atoms with Gasteiger partial charge in [-0.15, -0.1) is 0 Å². The molecule has 0 aromatic carbocycles. The minimum absolute atomic E-state index is 0.0927. The molecule has 118 valence electrons. The van der Waals surface area contributed by atoms with Crippen LogP contribution in [0.2, 0.25) is 0 Å². The molecule has 0 bridgehead atoms. The minimum atomic E-state index is 0.0927. The Bertz CT molecular complexity index is 599. The summed E-state index contributed by atoms with van der Waals surface area (Å²) in [6, 6.07) is 0.393. The van der Waals surface area contributed by atoms with Crippen molar-refractivity contribution in [3.63, 3.8) is 0 Å². The molecule has 0 spiro atoms. The van der Waals surface area contributed by atoms with Crippen molar-refractivity contribution in [2.75, 3.05) is 20.2 Å². The SMILES string of the molecule is COc1cnc(OC2CCCN(Cc3coc(C)n3)C2)nc1. The van der Waals surface area contributed by atoms with E-state index in [9.17, 15) is 0 Å². The van der Waals surface area contributed by atoms with Crippen molar-refractivity contribution in [1.29, 1.82) is 0 Å². The molecule has 0 radical (unpaired) electrons. The van der Waals surface area contributed by atoms with Gasteiger partial charge in [0.05, 0.1) is 25.2 Å². The van der Waals surface area contributed by atoms with Crippen molar-refractivity contribution in [3.05, 3.63) is 30.2 Å². The molecule has 1 atom stereocenters. The van der Waals surface area contributed by atoms with Crippen LogP contribution in [0.1, 0.15) is 24.4 Å². The predicted octanol–water partition coefficient (Wildman–Crippen LogP) is 1.83. The summed E-state index contributed by atoms with van der Waals surface area (Å²) in [4.78, 5) is 15.0. The van der Waals surface area contributed by atoms with Gasteiger partial charge in [-0.05, 0) is 19.4 Å². The van der Waals surface area contributed by atoms with E-state index in [0.717, 1.165) is 38.2 Å². The Balaban J connectivity index is 1.55. The van der Waals surface area contributed by atoms with Crippen molar-refractivity contribution < 1.29 is 13.9 Å². The van der Waals surface area contributed by atoms with Gasteiger partial charge in [-0.25, -0.2) is 4.98 Å². The fourth-order valence-electron chi connectivity index (χ4n) is 2.58. The van der Waals surface area contributed by atoms with Crippen LogP contribution in [0.3, 0.4) is 0 Å². The highest BCUT2D eigenvalue weighted by atomic mass is 16.5. The first-order valence-electron chi connectivity index (χ1n) is 7.39. The van der Waals surface area contributed by atoms with E-state index in [1.54, 1.807) is 25.8 Å². The number of piperidine rings is 1. The average Bonchev–Trinajstić information content (AvgIpc) is 2.93. The van der Waals surface area contributed by atoms with Crippen LogP contribution >= 0.6 is 0 Å². The molecule has 0 N–H and O–H groups in total. The molecule has 1 fully saturated rings. The molecule has 1 unspecified atom stereocenters. The summed E-state index contributed by atoms with van der Waals surface area (Å²) in [6.07, 6.45) is 7.12. The van der Waals surface area contributed by atoms with Crippen LogP contribution < -0.4 is 9.47 Å². The van der Waals surface area contributed by atoms with Crippen molar-refractivity contribution in [3.8, 4) is 11.8 Å². The lowest BCUT2D eigenvalue weighted by Crippen LogP contribution is -2.40. The lowest BCUT2D eigenvalue weighted by molar-refractivity contribution is 0.0762. The van der Waals surface area contributed by atoms with Crippen LogP contribution in [0.15, 0.2) is 23.1 Å². The van der Waals surface area contributed by atoms with Gasteiger partial charge in [0.25, 0.3) is 0 Å². The summed E-state index contributed by atoms with van der Waals surface area (Å²) >= 11 is 0. The van der Waals surface area contributed by atoms with Crippen LogP contribution in [0, 0.1) is 6.92 Å². The zero-order chi connectivity index (χ0) is 15.4. The van der Waals surface area contributed by atoms with Crippen molar-refractivity contribution in [1.82, 2.24) is 19.9 Å². The van der Waals surface area contributed by atoms with E-state index in [2.05, 4.69) is 19.9 Å². The molecule has 1 saturated heterocycles. The quantitative estimate of drug-likeness (QED) is 0.834. The number of nitrogens with zero attached hydrogens (tertiary/aromatic N) is 4. The molecular weight excluding hydrogens is 284 g/mol. The number of ether oxygens (including phenoxy) is 2. The Morgan fingerprint density at radius 1 is 1.36 bits per heavy atom. The second kappa shape index (κ2) is 6.74. The number of aromatic nitrogens is 3. The molecule has 1 aliphatic heterocycles. The number of methoxy groups -OCH3 is 1. The smallest absolute Gasteiger partial charge is 0.316 e. The van der Waals surface area contributed by atoms with Crippen molar-refractivity contribution in [2.24, 2.45) is 0 Å². The molecule has 7 heteroatoms. The first-order chi connectivity index (χ1) is 10.7. The normalized spacial score (nSPS) is 19.1. The van der Waals surface area contributed by atoms with E-state index >= 15 is 0 Å². The van der Waals surface area contributed by atoms with Crippen molar-refractivity contribution >= 4 is 0 Å². The molecule has 22 heavy (non-hydrogen) atoms. The van der Waals surface area contributed by atoms with Gasteiger partial charge >= 0.3 is 6.01 Å². The van der Waals surface area contributed by atoms with Gasteiger partial charge < -0.3 is 13.9 Å². The summed E-state index contributed by atoms with van der Waals surface area (Å²) in [7, 11) is 1.59. The Morgan fingerprint density at radius 2 is 2.18 bits per heavy atom. The first-order valence-corrected chi connectivity index (χ1v) is 7.39. The van der Waals surface area contributed by atoms with E-state index in [-0.39, 0.29) is 6.10 Å². The van der Waals surface area contributed by atoms with Gasteiger partial charge in [-0.2, -0.15) is 9.97 Å². The molecular formula is C15H20N4O3. The third-order valence-corrected chi connectivity index (χ3v) is 3.63. The van der Waals surface area contributed by atoms with Gasteiger partial charge in [0, 0.05) is 20.0 Å². The zero-order valence-corrected chi connectivity index (χ0v) is 12.9. The van der Waals surface area contributed by atoms with E-state index in [4.69, 9.17) is 13.9 Å². The zero-order valence-electron chi connectivity index (χ0n) is 12.9. The highest BCUT2D eigenvalue weighted by molar-refractivity contribution is 5.13. The molecule has 3 rings (SSSR count). The topological polar surface area (TPSA) is 73.5 Å². The average molecular weight is 304 g/mol. The first kappa shape index (κ1) is 14.8. The van der Waals surface area contributed by atoms with E-state index in [1.165, 1.54) is 0 Å². The number of oxazole rings is 1. The van der Waals surface area contributed by atoms with Crippen LogP contribution in [-0.2, 0) is 6.54 Å². The summed E-state index contributed by atoms with van der Waals surface area (Å²) < 4.78 is 16.2. The maximum Gasteiger partial charge on any atom is 0.316 e. The van der Waals surface area contributed by atoms with E-state index < -0.39 is 0 Å². The fraction of sp³-hybridized carbons (Fsp3) is 0.533. The van der Waals surface area contributed by atoms with E-state index in [1.807, 2.05) is 6.92 Å². The van der Waals surface area contributed by atoms with Crippen LogP contribution in [0.25, 0.3) is 0 Å². The van der Waals surface area contributed by atoms with Gasteiger partial charge in [-0.3, -0.25) is 4.90 Å². The Morgan fingerprint density at radius 3 is 2.86 bits per heavy atom. The number of rotatable bonds is 5. The monoisotopic (exact) mass is 304 g/mol. The third kappa shape index (κ3) is 3.73. The summed E-state index contributed by atoms with van der Waals surface area (Å²) in [5, 5.41) is 0. The van der Waals surface area contributed by atoms with Gasteiger partial charge in [0.2, 0.25) is 0 Å². The number of hydrogen-bond donors (Lipinski definition) is 0. The molecule has 2 aromatic heterocycles. The lowest BCUT2D eigenvalue weighted by atomic mass is 10.1. The maximum atomic E-state index is 5.86. The molecule has 0 aliphatic carbocycles. The van der Waals surface area contributed by atoms with Gasteiger partial charge in [-0.1, -0.05) is 0 Å². The Kier molecular flexibility index (Phi) is 4.53. The van der Waals surface area contributed by atoms with E-state index in [0.29, 0.717) is 17.7 Å². The number of hydrogen-bond acceptors (Lipinski definition) is 7. The summed E-state index contributed by atoms with van der Waals surface area (Å²) in [6.45, 7) is 4.50. The minimum Gasteiger partial charge on any atom is -0.494 e. The number of likely N-dealkylation sites (tertiary alicyclic amines) is 1. The van der Waals surface area contributed by atoms with Crippen LogP contribution in [-0.4, -0.2) is 46.2 Å². The summed E-state index contributed by atoms with van der Waals surface area (Å²) in [5.41, 5.74) is 0.957. The molecule has 3 heterocycles. The van der Waals surface area contributed by atoms with Crippen LogP contribution in [0.4, 0.5) is 0 Å². The number of aryl methyl sites for hydroxylation is 1. The Labute approximate surface area is 129 Å². The highest BCUT2D eigenvalue weighted by Crippen LogP contribution is 2.18. The Hall–Kier alpha value is -2.15. The largest absolute Gasteiger partial charge is 0.494 e. The highest BCUT2D eigenvalue weighted by Gasteiger charge is 2.22. The molecule has 2 aromatic rings. The molecule has 7 nitrogen and oxygen atoms in total. The molecule has 1 aliphatic rings. The van der Waals surface area contributed by atoms with Crippen LogP contribution in [0.5, 0.6) is 11.8 Å². The maximum absolute atomic E-state index is 5.86. The van der Waals surface area contributed by atoms with Gasteiger partial charge in [0.1, 0.15) is 12.4 Å². The molecule has 0 amide bonds. The second-order valence-electron chi connectivity index (χ2n) is 5.38. The third-order valence-electron chi connectivity index (χ3n) is 3.63. The van der Waals surface area contributed by atoms with Crippen molar-refractivity contribution in [2.45, 2.75) is 32.4 Å². The summed E-state index contributed by atoms with van der Waals surface area (Å²) in [5.74, 6) is 1.32. The van der Waals surface area contributed by atoms with Gasteiger partial charge in [0.15, 0.2) is 11.6 Å². The molecule has 0 saturated carbocycles.